The van der Waals surface area contributed by atoms with E-state index in [0.29, 0.717) is 6.54 Å². The van der Waals surface area contributed by atoms with E-state index in [1.54, 1.807) is 0 Å². The van der Waals surface area contributed by atoms with Gasteiger partial charge in [0.05, 0.1) is 5.75 Å². The second kappa shape index (κ2) is 8.06. The first-order valence-electron chi connectivity index (χ1n) is 6.84. The van der Waals surface area contributed by atoms with Crippen molar-refractivity contribution in [2.45, 2.75) is 63.8 Å². The molecule has 0 radical (unpaired) electrons. The Labute approximate surface area is 105 Å². The molecule has 102 valence electrons. The molecule has 0 saturated heterocycles. The van der Waals surface area contributed by atoms with Crippen molar-refractivity contribution in [3.8, 4) is 0 Å². The average Bonchev–Trinajstić information content (AvgIpc) is 2.29. The highest BCUT2D eigenvalue weighted by Crippen LogP contribution is 2.18. The molecule has 3 N–H and O–H groups in total. The highest BCUT2D eigenvalue weighted by atomic mass is 32.2. The van der Waals surface area contributed by atoms with E-state index in [1.165, 1.54) is 6.42 Å². The monoisotopic (exact) mass is 262 g/mol. The van der Waals surface area contributed by atoms with Gasteiger partial charge in [0.15, 0.2) is 0 Å². The largest absolute Gasteiger partial charge is 0.330 e. The lowest BCUT2D eigenvalue weighted by Crippen LogP contribution is -2.37. The van der Waals surface area contributed by atoms with Gasteiger partial charge >= 0.3 is 0 Å². The van der Waals surface area contributed by atoms with Gasteiger partial charge in [-0.3, -0.25) is 0 Å². The summed E-state index contributed by atoms with van der Waals surface area (Å²) in [4.78, 5) is 0. The van der Waals surface area contributed by atoms with Crippen LogP contribution in [0, 0.1) is 0 Å². The first kappa shape index (κ1) is 14.9. The molecule has 0 aromatic carbocycles. The zero-order valence-corrected chi connectivity index (χ0v) is 11.5. The minimum absolute atomic E-state index is 0.192. The summed E-state index contributed by atoms with van der Waals surface area (Å²) in [5.41, 5.74) is 5.39. The number of rotatable bonds is 8. The third-order valence-electron chi connectivity index (χ3n) is 3.32. The molecule has 1 saturated carbocycles. The Morgan fingerprint density at radius 3 is 2.29 bits per heavy atom. The van der Waals surface area contributed by atoms with Crippen LogP contribution in [0.15, 0.2) is 0 Å². The predicted octanol–water partition coefficient (Wildman–Crippen LogP) is 1.76. The van der Waals surface area contributed by atoms with E-state index in [4.69, 9.17) is 5.73 Å². The topological polar surface area (TPSA) is 72.2 Å². The minimum Gasteiger partial charge on any atom is -0.330 e. The van der Waals surface area contributed by atoms with E-state index >= 15 is 0 Å². The van der Waals surface area contributed by atoms with Crippen LogP contribution in [-0.4, -0.2) is 26.8 Å². The number of nitrogens with two attached hydrogens (primary N) is 1. The summed E-state index contributed by atoms with van der Waals surface area (Å²) >= 11 is 0. The molecule has 0 aromatic rings. The number of hydrogen-bond acceptors (Lipinski definition) is 3. The fourth-order valence-corrected chi connectivity index (χ4v) is 3.77. The smallest absolute Gasteiger partial charge is 0.211 e. The van der Waals surface area contributed by atoms with Crippen LogP contribution in [0.4, 0.5) is 0 Å². The molecule has 0 spiro atoms. The molecular formula is C12H26N2O2S. The van der Waals surface area contributed by atoms with E-state index in [0.717, 1.165) is 51.4 Å². The van der Waals surface area contributed by atoms with Gasteiger partial charge in [-0.1, -0.05) is 32.1 Å². The van der Waals surface area contributed by atoms with Gasteiger partial charge < -0.3 is 5.73 Å². The normalized spacial score (nSPS) is 18.4. The minimum atomic E-state index is -3.05. The van der Waals surface area contributed by atoms with Crippen LogP contribution >= 0.6 is 0 Å². The van der Waals surface area contributed by atoms with Gasteiger partial charge in [-0.2, -0.15) is 0 Å². The lowest BCUT2D eigenvalue weighted by Gasteiger charge is -2.22. The molecule has 0 aliphatic heterocycles. The molecule has 5 heteroatoms. The number of sulfonamides is 1. The van der Waals surface area contributed by atoms with E-state index in [-0.39, 0.29) is 11.8 Å². The molecule has 1 aliphatic rings. The van der Waals surface area contributed by atoms with Gasteiger partial charge in [0.2, 0.25) is 10.0 Å². The molecule has 1 fully saturated rings. The van der Waals surface area contributed by atoms with Crippen LogP contribution in [0.2, 0.25) is 0 Å². The van der Waals surface area contributed by atoms with Crippen LogP contribution in [0.5, 0.6) is 0 Å². The molecule has 0 heterocycles. The van der Waals surface area contributed by atoms with Crippen molar-refractivity contribution in [2.24, 2.45) is 5.73 Å². The average molecular weight is 262 g/mol. The fourth-order valence-electron chi connectivity index (χ4n) is 2.32. The molecule has 17 heavy (non-hydrogen) atoms. The van der Waals surface area contributed by atoms with Gasteiger partial charge in [0.25, 0.3) is 0 Å². The summed E-state index contributed by atoms with van der Waals surface area (Å²) in [6.45, 7) is 0.701. The van der Waals surface area contributed by atoms with Crippen LogP contribution in [-0.2, 0) is 10.0 Å². The van der Waals surface area contributed by atoms with Gasteiger partial charge in [0, 0.05) is 6.04 Å². The van der Waals surface area contributed by atoms with Crippen molar-refractivity contribution >= 4 is 10.0 Å². The summed E-state index contributed by atoms with van der Waals surface area (Å²) < 4.78 is 26.4. The number of hydrogen-bond donors (Lipinski definition) is 2. The molecule has 1 rings (SSSR count). The predicted molar refractivity (Wildman–Crippen MR) is 71.3 cm³/mol. The molecule has 0 atom stereocenters. The molecule has 4 nitrogen and oxygen atoms in total. The molecular weight excluding hydrogens is 236 g/mol. The maximum absolute atomic E-state index is 11.8. The molecule has 0 bridgehead atoms. The van der Waals surface area contributed by atoms with Gasteiger partial charge in [0.1, 0.15) is 0 Å². The number of unbranched alkanes of at least 4 members (excludes halogenated alkanes) is 3. The van der Waals surface area contributed by atoms with Crippen LogP contribution in [0.25, 0.3) is 0 Å². The van der Waals surface area contributed by atoms with E-state index in [2.05, 4.69) is 4.72 Å². The quantitative estimate of drug-likeness (QED) is 0.655. The van der Waals surface area contributed by atoms with Crippen LogP contribution in [0.1, 0.15) is 57.8 Å². The van der Waals surface area contributed by atoms with Gasteiger partial charge in [-0.15, -0.1) is 0 Å². The van der Waals surface area contributed by atoms with Crippen molar-refractivity contribution in [1.29, 1.82) is 0 Å². The van der Waals surface area contributed by atoms with Crippen molar-refractivity contribution in [3.63, 3.8) is 0 Å². The second-order valence-corrected chi connectivity index (χ2v) is 6.85. The zero-order chi connectivity index (χ0) is 12.6. The van der Waals surface area contributed by atoms with Crippen molar-refractivity contribution in [1.82, 2.24) is 4.72 Å². The lowest BCUT2D eigenvalue weighted by molar-refractivity contribution is 0.411. The standard InChI is InChI=1S/C12H26N2O2S/c13-10-6-1-2-7-11-17(15,16)14-12-8-4-3-5-9-12/h12,14H,1-11,13H2. The fraction of sp³-hybridized carbons (Fsp3) is 1.00. The number of nitrogens with one attached hydrogen (secondary N) is 1. The van der Waals surface area contributed by atoms with E-state index in [1.807, 2.05) is 0 Å². The third-order valence-corrected chi connectivity index (χ3v) is 4.84. The Kier molecular flexibility index (Phi) is 7.08. The Balaban J connectivity index is 2.16. The van der Waals surface area contributed by atoms with Crippen LogP contribution in [0.3, 0.4) is 0 Å². The van der Waals surface area contributed by atoms with Crippen molar-refractivity contribution < 1.29 is 8.42 Å². The van der Waals surface area contributed by atoms with Gasteiger partial charge in [-0.05, 0) is 32.2 Å². The maximum atomic E-state index is 11.8. The highest BCUT2D eigenvalue weighted by Gasteiger charge is 2.19. The van der Waals surface area contributed by atoms with E-state index in [9.17, 15) is 8.42 Å². The Morgan fingerprint density at radius 2 is 1.65 bits per heavy atom. The summed E-state index contributed by atoms with van der Waals surface area (Å²) in [6, 6.07) is 0.192. The van der Waals surface area contributed by atoms with Crippen molar-refractivity contribution in [2.75, 3.05) is 12.3 Å². The summed E-state index contributed by atoms with van der Waals surface area (Å²) in [5.74, 6) is 0.272. The van der Waals surface area contributed by atoms with Gasteiger partial charge in [-0.25, -0.2) is 13.1 Å². The zero-order valence-electron chi connectivity index (χ0n) is 10.7. The third kappa shape index (κ3) is 7.01. The first-order valence-corrected chi connectivity index (χ1v) is 8.49. The SMILES string of the molecule is NCCCCCCS(=O)(=O)NC1CCCCC1. The maximum Gasteiger partial charge on any atom is 0.211 e. The molecule has 0 aromatic heterocycles. The Morgan fingerprint density at radius 1 is 1.00 bits per heavy atom. The van der Waals surface area contributed by atoms with E-state index < -0.39 is 10.0 Å². The summed E-state index contributed by atoms with van der Waals surface area (Å²) in [5, 5.41) is 0. The lowest BCUT2D eigenvalue weighted by atomic mass is 9.96. The van der Waals surface area contributed by atoms with Crippen LogP contribution < -0.4 is 10.5 Å². The summed E-state index contributed by atoms with van der Waals surface area (Å²) in [6.07, 6.45) is 9.32. The second-order valence-electron chi connectivity index (χ2n) is 4.97. The highest BCUT2D eigenvalue weighted by molar-refractivity contribution is 7.89. The first-order chi connectivity index (χ1) is 8.14. The summed E-state index contributed by atoms with van der Waals surface area (Å²) in [7, 11) is -3.05. The van der Waals surface area contributed by atoms with Crippen molar-refractivity contribution in [3.05, 3.63) is 0 Å². The molecule has 0 unspecified atom stereocenters. The molecule has 1 aliphatic carbocycles. The Bertz CT molecular complexity index is 285. The Hall–Kier alpha value is -0.130. The molecule has 0 amide bonds.